The van der Waals surface area contributed by atoms with Gasteiger partial charge in [0.25, 0.3) is 0 Å². The lowest BCUT2D eigenvalue weighted by molar-refractivity contribution is 0.0661. The fourth-order valence-electron chi connectivity index (χ4n) is 4.00. The molecule has 1 saturated heterocycles. The molecule has 1 atom stereocenters. The lowest BCUT2D eigenvalue weighted by Gasteiger charge is -2.22. The number of aromatic nitrogens is 2. The molecule has 6 heteroatoms. The number of nitrogens with zero attached hydrogens (tertiary/aromatic N) is 2. The van der Waals surface area contributed by atoms with Crippen molar-refractivity contribution in [3.63, 3.8) is 0 Å². The molecule has 0 amide bonds. The average molecular weight is 414 g/mol. The highest BCUT2D eigenvalue weighted by atomic mass is 16.5. The van der Waals surface area contributed by atoms with Crippen LogP contribution in [0.15, 0.2) is 53.3 Å². The number of ether oxygens (including phenoxy) is 2. The van der Waals surface area contributed by atoms with E-state index in [0.29, 0.717) is 19.0 Å². The number of aryl methyl sites for hydroxylation is 1. The Labute approximate surface area is 180 Å². The first-order valence-electron chi connectivity index (χ1n) is 10.5. The van der Waals surface area contributed by atoms with Gasteiger partial charge in [0, 0.05) is 35.9 Å². The topological polar surface area (TPSA) is 73.6 Å². The zero-order chi connectivity index (χ0) is 21.2. The first kappa shape index (κ1) is 19.4. The Morgan fingerprint density at radius 1 is 1.13 bits per heavy atom. The number of fused-ring (bicyclic) bond motifs is 3. The fourth-order valence-corrected chi connectivity index (χ4v) is 4.00. The maximum absolute atomic E-state index is 12.5. The highest BCUT2D eigenvalue weighted by Crippen LogP contribution is 2.30. The van der Waals surface area contributed by atoms with E-state index in [2.05, 4.69) is 22.9 Å². The normalized spacial score (nSPS) is 16.7. The standard InChI is InChI=1S/C25H22N2O4/c28-20-8-5-17(6-9-20)3-4-18-7-10-22-19(14-18)11-12-27-23(22)15-24(26-25(27)29)31-16-21-2-1-13-30-21/h5-10,14-15,21,28H,1-2,11-13,16H2. The van der Waals surface area contributed by atoms with Gasteiger partial charge in [0.2, 0.25) is 5.88 Å². The summed E-state index contributed by atoms with van der Waals surface area (Å²) >= 11 is 0. The third kappa shape index (κ3) is 4.18. The predicted molar refractivity (Wildman–Crippen MR) is 116 cm³/mol. The van der Waals surface area contributed by atoms with E-state index in [9.17, 15) is 9.90 Å². The van der Waals surface area contributed by atoms with Gasteiger partial charge >= 0.3 is 5.69 Å². The number of rotatable bonds is 3. The molecule has 1 unspecified atom stereocenters. The number of hydrogen-bond acceptors (Lipinski definition) is 5. The van der Waals surface area contributed by atoms with Crippen LogP contribution < -0.4 is 10.4 Å². The van der Waals surface area contributed by atoms with E-state index in [-0.39, 0.29) is 17.5 Å². The third-order valence-corrected chi connectivity index (χ3v) is 5.63. The summed E-state index contributed by atoms with van der Waals surface area (Å²) in [6, 6.07) is 14.7. The van der Waals surface area contributed by atoms with Crippen LogP contribution in [0.2, 0.25) is 0 Å². The van der Waals surface area contributed by atoms with E-state index in [0.717, 1.165) is 53.8 Å². The summed E-state index contributed by atoms with van der Waals surface area (Å²) in [5.41, 5.74) is 4.43. The number of hydrogen-bond donors (Lipinski definition) is 1. The molecule has 0 spiro atoms. The first-order valence-corrected chi connectivity index (χ1v) is 10.5. The molecular formula is C25H22N2O4. The van der Waals surface area contributed by atoms with Gasteiger partial charge in [-0.15, -0.1) is 0 Å². The smallest absolute Gasteiger partial charge is 0.351 e. The zero-order valence-corrected chi connectivity index (χ0v) is 17.0. The van der Waals surface area contributed by atoms with Crippen molar-refractivity contribution in [2.45, 2.75) is 31.9 Å². The third-order valence-electron chi connectivity index (χ3n) is 5.63. The molecular weight excluding hydrogens is 392 g/mol. The number of aromatic hydroxyl groups is 1. The highest BCUT2D eigenvalue weighted by molar-refractivity contribution is 5.68. The lowest BCUT2D eigenvalue weighted by Crippen LogP contribution is -2.29. The summed E-state index contributed by atoms with van der Waals surface area (Å²) in [4.78, 5) is 16.6. The summed E-state index contributed by atoms with van der Waals surface area (Å²) < 4.78 is 13.1. The number of benzene rings is 2. The van der Waals surface area contributed by atoms with Crippen molar-refractivity contribution < 1.29 is 14.6 Å². The van der Waals surface area contributed by atoms with Crippen molar-refractivity contribution in [1.29, 1.82) is 0 Å². The van der Waals surface area contributed by atoms with Crippen LogP contribution in [0, 0.1) is 11.8 Å². The van der Waals surface area contributed by atoms with Gasteiger partial charge < -0.3 is 14.6 Å². The first-order chi connectivity index (χ1) is 15.2. The highest BCUT2D eigenvalue weighted by Gasteiger charge is 2.21. The van der Waals surface area contributed by atoms with Crippen molar-refractivity contribution in [3.8, 4) is 34.7 Å². The molecule has 6 nitrogen and oxygen atoms in total. The van der Waals surface area contributed by atoms with E-state index < -0.39 is 0 Å². The summed E-state index contributed by atoms with van der Waals surface area (Å²) in [7, 11) is 0. The number of phenols is 1. The molecule has 0 bridgehead atoms. The maximum atomic E-state index is 12.5. The Morgan fingerprint density at radius 3 is 2.74 bits per heavy atom. The SMILES string of the molecule is O=c1nc(OCC2CCCO2)cc2n1CCc1cc(C#Cc3ccc(O)cc3)ccc1-2. The molecule has 0 saturated carbocycles. The van der Waals surface area contributed by atoms with Crippen LogP contribution in [0.5, 0.6) is 11.6 Å². The van der Waals surface area contributed by atoms with Crippen molar-refractivity contribution in [2.75, 3.05) is 13.2 Å². The van der Waals surface area contributed by atoms with Crippen LogP contribution in [-0.4, -0.2) is 34.0 Å². The molecule has 0 radical (unpaired) electrons. The zero-order valence-electron chi connectivity index (χ0n) is 17.0. The molecule has 2 aliphatic heterocycles. The lowest BCUT2D eigenvalue weighted by atomic mass is 9.95. The van der Waals surface area contributed by atoms with Crippen molar-refractivity contribution in [2.24, 2.45) is 0 Å². The minimum absolute atomic E-state index is 0.0718. The van der Waals surface area contributed by atoms with Crippen molar-refractivity contribution in [3.05, 3.63) is 75.7 Å². The molecule has 0 aliphatic carbocycles. The van der Waals surface area contributed by atoms with Crippen LogP contribution in [0.3, 0.4) is 0 Å². The molecule has 1 N–H and O–H groups in total. The molecule has 1 aromatic heterocycles. The van der Waals surface area contributed by atoms with E-state index in [1.165, 1.54) is 0 Å². The second-order valence-corrected chi connectivity index (χ2v) is 7.78. The molecule has 3 heterocycles. The Bertz CT molecular complexity index is 1230. The van der Waals surface area contributed by atoms with E-state index in [1.807, 2.05) is 18.2 Å². The van der Waals surface area contributed by atoms with Gasteiger partial charge in [-0.25, -0.2) is 4.79 Å². The molecule has 5 rings (SSSR count). The number of phenolic OH excluding ortho intramolecular Hbond substituents is 1. The summed E-state index contributed by atoms with van der Waals surface area (Å²) in [6.45, 7) is 1.75. The largest absolute Gasteiger partial charge is 0.508 e. The van der Waals surface area contributed by atoms with Crippen LogP contribution in [0.25, 0.3) is 11.3 Å². The minimum atomic E-state index is -0.290. The van der Waals surface area contributed by atoms with E-state index in [1.54, 1.807) is 28.8 Å². The van der Waals surface area contributed by atoms with E-state index in [4.69, 9.17) is 9.47 Å². The van der Waals surface area contributed by atoms with Gasteiger partial charge in [-0.1, -0.05) is 17.9 Å². The van der Waals surface area contributed by atoms with Crippen molar-refractivity contribution >= 4 is 0 Å². The van der Waals surface area contributed by atoms with Crippen molar-refractivity contribution in [1.82, 2.24) is 9.55 Å². The minimum Gasteiger partial charge on any atom is -0.508 e. The van der Waals surface area contributed by atoms with Gasteiger partial charge in [0.15, 0.2) is 0 Å². The predicted octanol–water partition coefficient (Wildman–Crippen LogP) is 3.13. The monoisotopic (exact) mass is 414 g/mol. The van der Waals surface area contributed by atoms with Gasteiger partial charge in [0.1, 0.15) is 12.4 Å². The van der Waals surface area contributed by atoms with Crippen LogP contribution in [-0.2, 0) is 17.7 Å². The second kappa shape index (κ2) is 8.29. The second-order valence-electron chi connectivity index (χ2n) is 7.78. The Kier molecular flexibility index (Phi) is 5.19. The molecule has 2 aromatic carbocycles. The summed E-state index contributed by atoms with van der Waals surface area (Å²) in [5.74, 6) is 6.86. The maximum Gasteiger partial charge on any atom is 0.351 e. The summed E-state index contributed by atoms with van der Waals surface area (Å²) in [5, 5.41) is 9.39. The average Bonchev–Trinajstić information content (AvgIpc) is 3.31. The van der Waals surface area contributed by atoms with Crippen LogP contribution in [0.4, 0.5) is 0 Å². The van der Waals surface area contributed by atoms with Gasteiger partial charge in [-0.2, -0.15) is 4.98 Å². The van der Waals surface area contributed by atoms with Crippen LogP contribution >= 0.6 is 0 Å². The van der Waals surface area contributed by atoms with Gasteiger partial charge in [0.05, 0.1) is 11.8 Å². The molecule has 31 heavy (non-hydrogen) atoms. The Balaban J connectivity index is 1.41. The Morgan fingerprint density at radius 2 is 1.94 bits per heavy atom. The van der Waals surface area contributed by atoms with E-state index >= 15 is 0 Å². The fraction of sp³-hybridized carbons (Fsp3) is 0.280. The molecule has 2 aliphatic rings. The quantitative estimate of drug-likeness (QED) is 0.667. The van der Waals surface area contributed by atoms with Crippen LogP contribution in [0.1, 0.15) is 29.5 Å². The molecule has 3 aromatic rings. The van der Waals surface area contributed by atoms with Gasteiger partial charge in [-0.3, -0.25) is 4.57 Å². The molecule has 156 valence electrons. The summed E-state index contributed by atoms with van der Waals surface area (Å²) in [6.07, 6.45) is 2.83. The molecule has 1 fully saturated rings. The Hall–Kier alpha value is -3.56. The van der Waals surface area contributed by atoms with Gasteiger partial charge in [-0.05, 0) is 61.2 Å².